The van der Waals surface area contributed by atoms with Crippen LogP contribution < -0.4 is 5.32 Å². The molecule has 0 aromatic rings. The normalized spacial score (nSPS) is 26.2. The van der Waals surface area contributed by atoms with Gasteiger partial charge in [-0.25, -0.2) is 0 Å². The van der Waals surface area contributed by atoms with Gasteiger partial charge in [0.25, 0.3) is 0 Å². The Morgan fingerprint density at radius 3 is 2.58 bits per heavy atom. The lowest BCUT2D eigenvalue weighted by Crippen LogP contribution is -2.43. The number of nitrogens with one attached hydrogen (secondary N) is 1. The fourth-order valence-electron chi connectivity index (χ4n) is 4.85. The summed E-state index contributed by atoms with van der Waals surface area (Å²) >= 11 is 0. The molecule has 0 bridgehead atoms. The van der Waals surface area contributed by atoms with Gasteiger partial charge in [-0.2, -0.15) is 0 Å². The Hall–Kier alpha value is -0.810. The summed E-state index contributed by atoms with van der Waals surface area (Å²) in [5, 5.41) is 13.0. The van der Waals surface area contributed by atoms with Gasteiger partial charge in [0.1, 0.15) is 0 Å². The molecule has 0 aromatic carbocycles. The average Bonchev–Trinajstić information content (AvgIpc) is 3.21. The molecule has 3 aliphatic rings. The van der Waals surface area contributed by atoms with Gasteiger partial charge in [-0.3, -0.25) is 4.99 Å². The van der Waals surface area contributed by atoms with Crippen molar-refractivity contribution in [1.29, 1.82) is 0 Å². The first kappa shape index (κ1) is 18.0. The Morgan fingerprint density at radius 2 is 1.92 bits per heavy atom. The lowest BCUT2D eigenvalue weighted by atomic mass is 9.80. The summed E-state index contributed by atoms with van der Waals surface area (Å²) in [4.78, 5) is 7.50. The molecule has 2 N–H and O–H groups in total. The highest BCUT2D eigenvalue weighted by atomic mass is 16.5. The standard InChI is InChI=1S/C19H35N3O2/c1-2-20-17(21-15-18(8-12-23)5-3-4-6-18)22-11-7-19(16-22)9-13-24-14-10-19/h23H,2-16H2,1H3,(H,20,21). The maximum atomic E-state index is 9.45. The first-order valence-electron chi connectivity index (χ1n) is 9.93. The summed E-state index contributed by atoms with van der Waals surface area (Å²) in [5.41, 5.74) is 0.691. The summed E-state index contributed by atoms with van der Waals surface area (Å²) < 4.78 is 5.57. The fourth-order valence-corrected chi connectivity index (χ4v) is 4.85. The van der Waals surface area contributed by atoms with Crippen molar-refractivity contribution in [2.45, 2.75) is 58.3 Å². The second kappa shape index (κ2) is 8.05. The summed E-state index contributed by atoms with van der Waals surface area (Å²) in [5.74, 6) is 1.09. The largest absolute Gasteiger partial charge is 0.396 e. The minimum absolute atomic E-state index is 0.242. The molecule has 1 spiro atoms. The van der Waals surface area contributed by atoms with Crippen LogP contribution in [0.15, 0.2) is 4.99 Å². The molecule has 0 aromatic heterocycles. The van der Waals surface area contributed by atoms with Gasteiger partial charge in [0.15, 0.2) is 5.96 Å². The van der Waals surface area contributed by atoms with Crippen molar-refractivity contribution in [2.24, 2.45) is 15.8 Å². The quantitative estimate of drug-likeness (QED) is 0.597. The molecule has 138 valence electrons. The highest BCUT2D eigenvalue weighted by molar-refractivity contribution is 5.80. The molecule has 0 amide bonds. The molecule has 3 fully saturated rings. The number of hydrogen-bond acceptors (Lipinski definition) is 3. The van der Waals surface area contributed by atoms with Gasteiger partial charge in [0.2, 0.25) is 0 Å². The zero-order chi connectivity index (χ0) is 16.9. The highest BCUT2D eigenvalue weighted by Crippen LogP contribution is 2.42. The molecule has 1 saturated carbocycles. The second-order valence-electron chi connectivity index (χ2n) is 8.13. The molecule has 1 aliphatic carbocycles. The highest BCUT2D eigenvalue weighted by Gasteiger charge is 2.40. The summed E-state index contributed by atoms with van der Waals surface area (Å²) in [7, 11) is 0. The minimum atomic E-state index is 0.242. The number of aliphatic imine (C=N–C) groups is 1. The third-order valence-corrected chi connectivity index (χ3v) is 6.50. The Balaban J connectivity index is 1.65. The molecule has 3 rings (SSSR count). The Labute approximate surface area is 146 Å². The van der Waals surface area contributed by atoms with E-state index in [1.165, 1.54) is 44.9 Å². The zero-order valence-corrected chi connectivity index (χ0v) is 15.4. The zero-order valence-electron chi connectivity index (χ0n) is 15.4. The van der Waals surface area contributed by atoms with Gasteiger partial charge in [-0.15, -0.1) is 0 Å². The molecule has 2 aliphatic heterocycles. The van der Waals surface area contributed by atoms with E-state index in [0.717, 1.165) is 51.8 Å². The van der Waals surface area contributed by atoms with Gasteiger partial charge < -0.3 is 20.1 Å². The molecule has 2 heterocycles. The van der Waals surface area contributed by atoms with E-state index in [4.69, 9.17) is 9.73 Å². The van der Waals surface area contributed by atoms with Crippen LogP contribution in [0.1, 0.15) is 58.3 Å². The molecular weight excluding hydrogens is 302 g/mol. The van der Waals surface area contributed by atoms with E-state index >= 15 is 0 Å². The maximum Gasteiger partial charge on any atom is 0.193 e. The van der Waals surface area contributed by atoms with Crippen LogP contribution in [0.3, 0.4) is 0 Å². The first-order chi connectivity index (χ1) is 11.7. The molecule has 0 unspecified atom stereocenters. The van der Waals surface area contributed by atoms with E-state index in [2.05, 4.69) is 17.1 Å². The number of likely N-dealkylation sites (tertiary alicyclic amines) is 1. The van der Waals surface area contributed by atoms with Gasteiger partial charge >= 0.3 is 0 Å². The Bertz CT molecular complexity index is 426. The Kier molecular flexibility index (Phi) is 6.03. The molecular formula is C19H35N3O2. The van der Waals surface area contributed by atoms with Crippen LogP contribution in [0.2, 0.25) is 0 Å². The van der Waals surface area contributed by atoms with Crippen LogP contribution in [-0.2, 0) is 4.74 Å². The molecule has 0 radical (unpaired) electrons. The van der Waals surface area contributed by atoms with E-state index in [0.29, 0.717) is 12.0 Å². The van der Waals surface area contributed by atoms with Crippen LogP contribution in [-0.4, -0.2) is 62.0 Å². The van der Waals surface area contributed by atoms with Crippen LogP contribution >= 0.6 is 0 Å². The predicted molar refractivity (Wildman–Crippen MR) is 97.3 cm³/mol. The third kappa shape index (κ3) is 4.05. The number of guanidine groups is 1. The van der Waals surface area contributed by atoms with Crippen LogP contribution in [0.25, 0.3) is 0 Å². The SMILES string of the molecule is CCNC(=NCC1(CCO)CCCC1)N1CCC2(CCOCC2)C1. The van der Waals surface area contributed by atoms with Crippen LogP contribution in [0, 0.1) is 10.8 Å². The number of nitrogens with zero attached hydrogens (tertiary/aromatic N) is 2. The van der Waals surface area contributed by atoms with Gasteiger partial charge in [0.05, 0.1) is 0 Å². The van der Waals surface area contributed by atoms with Crippen molar-refractivity contribution in [2.75, 3.05) is 46.0 Å². The lowest BCUT2D eigenvalue weighted by molar-refractivity contribution is 0.0217. The van der Waals surface area contributed by atoms with Crippen LogP contribution in [0.4, 0.5) is 0 Å². The molecule has 2 saturated heterocycles. The van der Waals surface area contributed by atoms with E-state index in [-0.39, 0.29) is 5.41 Å². The number of ether oxygens (including phenoxy) is 1. The fraction of sp³-hybridized carbons (Fsp3) is 0.947. The molecule has 0 atom stereocenters. The first-order valence-corrected chi connectivity index (χ1v) is 9.93. The summed E-state index contributed by atoms with van der Waals surface area (Å²) in [6.07, 6.45) is 9.57. The number of hydrogen-bond donors (Lipinski definition) is 2. The Morgan fingerprint density at radius 1 is 1.17 bits per heavy atom. The monoisotopic (exact) mass is 337 g/mol. The van der Waals surface area contributed by atoms with Gasteiger partial charge in [0, 0.05) is 46.0 Å². The van der Waals surface area contributed by atoms with Crippen molar-refractivity contribution in [3.63, 3.8) is 0 Å². The second-order valence-corrected chi connectivity index (χ2v) is 8.13. The van der Waals surface area contributed by atoms with Gasteiger partial charge in [-0.1, -0.05) is 12.8 Å². The van der Waals surface area contributed by atoms with E-state index in [1.807, 2.05) is 0 Å². The predicted octanol–water partition coefficient (Wildman–Crippen LogP) is 2.40. The maximum absolute atomic E-state index is 9.45. The molecule has 5 heteroatoms. The molecule has 5 nitrogen and oxygen atoms in total. The topological polar surface area (TPSA) is 57.1 Å². The van der Waals surface area contributed by atoms with E-state index in [1.54, 1.807) is 0 Å². The summed E-state index contributed by atoms with van der Waals surface area (Å²) in [6.45, 7) is 8.28. The lowest BCUT2D eigenvalue weighted by Gasteiger charge is -2.34. The number of aliphatic hydroxyl groups excluding tert-OH is 1. The van der Waals surface area contributed by atoms with E-state index in [9.17, 15) is 5.11 Å². The summed E-state index contributed by atoms with van der Waals surface area (Å²) in [6, 6.07) is 0. The average molecular weight is 338 g/mol. The van der Waals surface area contributed by atoms with Crippen LogP contribution in [0.5, 0.6) is 0 Å². The number of rotatable bonds is 5. The van der Waals surface area contributed by atoms with Gasteiger partial charge in [-0.05, 0) is 56.3 Å². The van der Waals surface area contributed by atoms with Crippen molar-refractivity contribution in [1.82, 2.24) is 10.2 Å². The van der Waals surface area contributed by atoms with Crippen molar-refractivity contribution < 1.29 is 9.84 Å². The smallest absolute Gasteiger partial charge is 0.193 e. The molecule has 24 heavy (non-hydrogen) atoms. The number of aliphatic hydroxyl groups is 1. The van der Waals surface area contributed by atoms with Crippen molar-refractivity contribution >= 4 is 5.96 Å². The minimum Gasteiger partial charge on any atom is -0.396 e. The van der Waals surface area contributed by atoms with E-state index < -0.39 is 0 Å². The third-order valence-electron chi connectivity index (χ3n) is 6.50. The van der Waals surface area contributed by atoms with Crippen molar-refractivity contribution in [3.8, 4) is 0 Å². The van der Waals surface area contributed by atoms with Crippen molar-refractivity contribution in [3.05, 3.63) is 0 Å².